The molecule has 37 heavy (non-hydrogen) atoms. The van der Waals surface area contributed by atoms with Crippen molar-refractivity contribution in [1.29, 1.82) is 0 Å². The highest BCUT2D eigenvalue weighted by Crippen LogP contribution is 2.59. The van der Waals surface area contributed by atoms with Crippen molar-refractivity contribution in [2.75, 3.05) is 6.61 Å². The van der Waals surface area contributed by atoms with Gasteiger partial charge >= 0.3 is 6.18 Å². The molecule has 0 bridgehead atoms. The molecule has 10 nitrogen and oxygen atoms in total. The second-order valence-electron chi connectivity index (χ2n) is 8.96. The Morgan fingerprint density at radius 1 is 1.27 bits per heavy atom. The zero-order chi connectivity index (χ0) is 27.3. The van der Waals surface area contributed by atoms with Crippen molar-refractivity contribution in [3.63, 3.8) is 0 Å². The molecule has 3 heterocycles. The SMILES string of the molecule is Cc1c(S(=O)(=O)NC(=O)c2ccc(-n3ccc(OCCC4(C(F)(F)F)CC4)n3)nc2Cl)c(C)[n+](C)n1C. The Balaban J connectivity index is 1.44. The van der Waals surface area contributed by atoms with E-state index in [9.17, 15) is 26.4 Å². The highest BCUT2D eigenvalue weighted by atomic mass is 35.5. The van der Waals surface area contributed by atoms with E-state index in [0.717, 1.165) is 0 Å². The fourth-order valence-corrected chi connectivity index (χ4v) is 5.77. The number of pyridine rings is 1. The average molecular weight is 562 g/mol. The third-order valence-corrected chi connectivity index (χ3v) is 8.61. The fourth-order valence-electron chi connectivity index (χ4n) is 4.03. The molecule has 1 N–H and O–H groups in total. The summed E-state index contributed by atoms with van der Waals surface area (Å²) in [4.78, 5) is 16.8. The summed E-state index contributed by atoms with van der Waals surface area (Å²) >= 11 is 6.18. The minimum absolute atomic E-state index is 0.0153. The maximum Gasteiger partial charge on any atom is 0.394 e. The minimum atomic E-state index is -4.25. The first kappa shape index (κ1) is 26.9. The van der Waals surface area contributed by atoms with Gasteiger partial charge in [-0.25, -0.2) is 22.8 Å². The van der Waals surface area contributed by atoms with Crippen LogP contribution in [0.4, 0.5) is 13.2 Å². The van der Waals surface area contributed by atoms with Gasteiger partial charge in [0.05, 0.1) is 30.3 Å². The normalized spacial score (nSPS) is 15.0. The van der Waals surface area contributed by atoms with Gasteiger partial charge in [-0.05, 0) is 38.3 Å². The van der Waals surface area contributed by atoms with E-state index in [1.54, 1.807) is 37.3 Å². The third-order valence-electron chi connectivity index (χ3n) is 6.74. The Morgan fingerprint density at radius 2 is 1.95 bits per heavy atom. The minimum Gasteiger partial charge on any atom is -0.477 e. The van der Waals surface area contributed by atoms with E-state index in [-0.39, 0.29) is 53.2 Å². The number of rotatable bonds is 8. The van der Waals surface area contributed by atoms with Crippen LogP contribution in [0.3, 0.4) is 0 Å². The summed E-state index contributed by atoms with van der Waals surface area (Å²) in [5.74, 6) is -0.668. The van der Waals surface area contributed by atoms with E-state index in [1.165, 1.54) is 29.1 Å². The highest BCUT2D eigenvalue weighted by Gasteiger charge is 2.62. The van der Waals surface area contributed by atoms with Gasteiger partial charge in [0.15, 0.2) is 17.8 Å². The Kier molecular flexibility index (Phi) is 6.78. The molecule has 4 rings (SSSR count). The van der Waals surface area contributed by atoms with Gasteiger partial charge in [-0.3, -0.25) is 4.79 Å². The maximum absolute atomic E-state index is 13.0. The molecule has 200 valence electrons. The molecule has 1 aliphatic carbocycles. The molecular weight excluding hydrogens is 537 g/mol. The molecule has 0 aromatic carbocycles. The van der Waals surface area contributed by atoms with Crippen molar-refractivity contribution in [2.45, 2.75) is 44.2 Å². The first-order valence-corrected chi connectivity index (χ1v) is 13.0. The summed E-state index contributed by atoms with van der Waals surface area (Å²) in [6.07, 6.45) is -2.74. The summed E-state index contributed by atoms with van der Waals surface area (Å²) < 4.78 is 76.9. The number of alkyl halides is 3. The third kappa shape index (κ3) is 5.04. The number of hydrogen-bond donors (Lipinski definition) is 1. The first-order chi connectivity index (χ1) is 17.2. The number of ether oxygens (including phenoxy) is 1. The van der Waals surface area contributed by atoms with Crippen LogP contribution in [0, 0.1) is 19.3 Å². The Bertz CT molecular complexity index is 1450. The topological polar surface area (TPSA) is 112 Å². The molecule has 0 aliphatic heterocycles. The number of aromatic nitrogens is 5. The van der Waals surface area contributed by atoms with Crippen LogP contribution in [0.5, 0.6) is 5.88 Å². The molecule has 0 atom stereocenters. The monoisotopic (exact) mass is 561 g/mol. The van der Waals surface area contributed by atoms with E-state index >= 15 is 0 Å². The van der Waals surface area contributed by atoms with E-state index in [0.29, 0.717) is 11.4 Å². The highest BCUT2D eigenvalue weighted by molar-refractivity contribution is 7.90. The quantitative estimate of drug-likeness (QED) is 0.334. The summed E-state index contributed by atoms with van der Waals surface area (Å²) in [5, 5.41) is 3.85. The molecule has 1 aliphatic rings. The molecule has 0 spiro atoms. The van der Waals surface area contributed by atoms with Crippen LogP contribution in [0.1, 0.15) is 41.0 Å². The Morgan fingerprint density at radius 3 is 2.49 bits per heavy atom. The Labute approximate surface area is 216 Å². The number of halogens is 4. The van der Waals surface area contributed by atoms with E-state index in [2.05, 4.69) is 10.1 Å². The predicted octanol–water partition coefficient (Wildman–Crippen LogP) is 2.93. The molecule has 3 aromatic heterocycles. The molecule has 1 amide bonds. The molecule has 1 saturated carbocycles. The molecule has 15 heteroatoms. The number of carbonyl (C=O) groups is 1. The van der Waals surface area contributed by atoms with Gasteiger partial charge in [-0.1, -0.05) is 11.6 Å². The molecule has 1 fully saturated rings. The standard InChI is InChI=1S/C22H24ClF3N6O4S/c1-13-18(14(2)31(4)30(13)3)37(34,35)29-20(33)15-5-6-16(27-19(15)23)32-11-7-17(28-32)36-12-10-21(8-9-21)22(24,25)26/h5-7,11H,8-10,12H2,1-4H3/p+1. The summed E-state index contributed by atoms with van der Waals surface area (Å²) in [6.45, 7) is 3.10. The van der Waals surface area contributed by atoms with Crippen molar-refractivity contribution < 1.29 is 35.8 Å². The van der Waals surface area contributed by atoms with Crippen molar-refractivity contribution in [1.82, 2.24) is 24.2 Å². The summed E-state index contributed by atoms with van der Waals surface area (Å²) in [6, 6.07) is 4.15. The van der Waals surface area contributed by atoms with Gasteiger partial charge < -0.3 is 4.74 Å². The first-order valence-electron chi connectivity index (χ1n) is 11.2. The lowest BCUT2D eigenvalue weighted by molar-refractivity contribution is -0.757. The van der Waals surface area contributed by atoms with Crippen molar-refractivity contribution in [3.8, 4) is 11.7 Å². The lowest BCUT2D eigenvalue weighted by Gasteiger charge is -2.18. The van der Waals surface area contributed by atoms with E-state index in [4.69, 9.17) is 16.3 Å². The molecule has 3 aromatic rings. The van der Waals surface area contributed by atoms with E-state index < -0.39 is 27.5 Å². The second kappa shape index (κ2) is 9.31. The van der Waals surface area contributed by atoms with Crippen LogP contribution >= 0.6 is 11.6 Å². The van der Waals surface area contributed by atoms with Crippen LogP contribution in [-0.2, 0) is 24.1 Å². The zero-order valence-corrected chi connectivity index (χ0v) is 22.0. The van der Waals surface area contributed by atoms with Crippen molar-refractivity contribution in [2.24, 2.45) is 19.5 Å². The van der Waals surface area contributed by atoms with Gasteiger partial charge in [0.1, 0.15) is 5.15 Å². The van der Waals surface area contributed by atoms with Gasteiger partial charge in [0.2, 0.25) is 11.6 Å². The van der Waals surface area contributed by atoms with Gasteiger partial charge in [0.25, 0.3) is 15.9 Å². The lowest BCUT2D eigenvalue weighted by atomic mass is 10.0. The van der Waals surface area contributed by atoms with Gasteiger partial charge in [-0.2, -0.15) is 17.9 Å². The van der Waals surface area contributed by atoms with E-state index in [1.807, 2.05) is 4.72 Å². The largest absolute Gasteiger partial charge is 0.477 e. The number of carbonyl (C=O) groups excluding carboxylic acids is 1. The zero-order valence-electron chi connectivity index (χ0n) is 20.4. The second-order valence-corrected chi connectivity index (χ2v) is 10.9. The van der Waals surface area contributed by atoms with Gasteiger partial charge in [0, 0.05) is 19.2 Å². The number of nitrogens with one attached hydrogen (secondary N) is 1. The molecular formula is C22H25ClF3N6O4S+. The average Bonchev–Trinajstić information content (AvgIpc) is 3.41. The molecule has 0 radical (unpaired) electrons. The fraction of sp³-hybridized carbons (Fsp3) is 0.455. The summed E-state index contributed by atoms with van der Waals surface area (Å²) in [7, 11) is -0.813. The molecule has 0 unspecified atom stereocenters. The van der Waals surface area contributed by atoms with Crippen molar-refractivity contribution >= 4 is 27.5 Å². The summed E-state index contributed by atoms with van der Waals surface area (Å²) in [5.41, 5.74) is -0.941. The predicted molar refractivity (Wildman–Crippen MR) is 125 cm³/mol. The van der Waals surface area contributed by atoms with Crippen LogP contribution in [-0.4, -0.2) is 46.6 Å². The molecule has 0 saturated heterocycles. The maximum atomic E-state index is 13.0. The lowest BCUT2D eigenvalue weighted by Crippen LogP contribution is -2.40. The van der Waals surface area contributed by atoms with Crippen molar-refractivity contribution in [3.05, 3.63) is 46.5 Å². The van der Waals surface area contributed by atoms with Crippen LogP contribution < -0.4 is 14.1 Å². The number of nitrogens with zero attached hydrogens (tertiary/aromatic N) is 5. The van der Waals surface area contributed by atoms with Gasteiger partial charge in [-0.15, -0.1) is 9.78 Å². The number of hydrogen-bond acceptors (Lipinski definition) is 6. The Hall–Kier alpha value is -3.13. The number of amides is 1. The smallest absolute Gasteiger partial charge is 0.394 e. The van der Waals surface area contributed by atoms with Crippen LogP contribution in [0.2, 0.25) is 5.15 Å². The van der Waals surface area contributed by atoms with Crippen LogP contribution in [0.25, 0.3) is 5.82 Å². The van der Waals surface area contributed by atoms with Crippen LogP contribution in [0.15, 0.2) is 29.3 Å². The number of sulfonamides is 1.